The van der Waals surface area contributed by atoms with Crippen LogP contribution in [0.1, 0.15) is 0 Å². The number of rotatable bonds is 0. The summed E-state index contributed by atoms with van der Waals surface area (Å²) in [6.07, 6.45) is 0. The molecule has 0 aromatic carbocycles. The molecule has 6 heteroatoms. The van der Waals surface area contributed by atoms with Gasteiger partial charge in [0, 0.05) is 21.7 Å². The van der Waals surface area contributed by atoms with Crippen LogP contribution in [0.25, 0.3) is 0 Å². The van der Waals surface area contributed by atoms with Crippen molar-refractivity contribution in [3.8, 4) is 0 Å². The van der Waals surface area contributed by atoms with Crippen molar-refractivity contribution in [2.24, 2.45) is 0 Å². The Morgan fingerprint density at radius 3 is 1.00 bits per heavy atom. The molecule has 0 amide bonds. The maximum Gasteiger partial charge on any atom is 0 e. The Bertz CT molecular complexity index is 19.7. The summed E-state index contributed by atoms with van der Waals surface area (Å²) in [5.41, 5.74) is 0. The molecule has 0 aromatic heterocycles. The summed E-state index contributed by atoms with van der Waals surface area (Å²) in [7, 11) is 0. The number of halogens is 3. The van der Waals surface area contributed by atoms with Gasteiger partial charge in [0.2, 0.25) is 0 Å². The van der Waals surface area contributed by atoms with Gasteiger partial charge in [-0.2, -0.15) is 0 Å². The van der Waals surface area contributed by atoms with E-state index in [-0.39, 0.29) is 86.8 Å². The van der Waals surface area contributed by atoms with Gasteiger partial charge in [-0.25, -0.2) is 0 Å². The van der Waals surface area contributed by atoms with Gasteiger partial charge in [0.25, 0.3) is 0 Å². The molecule has 0 spiro atoms. The first kappa shape index (κ1) is 22.7. The van der Waals surface area contributed by atoms with Gasteiger partial charge in [0.15, 0.2) is 0 Å². The van der Waals surface area contributed by atoms with E-state index in [4.69, 9.17) is 0 Å². The molecule has 0 rings (SSSR count). The maximum atomic E-state index is 2.32. The van der Waals surface area contributed by atoms with Crippen molar-refractivity contribution < 1.29 is 21.7 Å². The molecule has 7 heavy (non-hydrogen) atoms. The van der Waals surface area contributed by atoms with Crippen molar-refractivity contribution in [2.45, 2.75) is -0.0619 Å². The molecule has 0 aliphatic rings. The monoisotopic (exact) mass is 694 g/mol. The third-order valence-corrected chi connectivity index (χ3v) is 0. The zero-order valence-electron chi connectivity index (χ0n) is 2.92. The SMILES string of the molecule is IC(I)I.[CaH2].[PbH2].[Ti]. The molecule has 0 fully saturated rings. The minimum Gasteiger partial charge on any atom is 0 e. The molecule has 0 aliphatic carbocycles. The first-order valence-electron chi connectivity index (χ1n) is 0.655. The Labute approximate surface area is 150 Å². The van der Waals surface area contributed by atoms with E-state index in [0.29, 0.717) is 0 Å². The largest absolute Gasteiger partial charge is 0 e. The molecule has 0 N–H and O–H groups in total. The Hall–Kier alpha value is 5.09. The standard InChI is InChI=1S/CHI3.Ca.Pb.Ti.4H/c2-1(3)4;;;;;;;/h1H;;;;;;;. The predicted molar refractivity (Wildman–Crippen MR) is 62.9 cm³/mol. The molecule has 0 unspecified atom stereocenters. The zero-order valence-corrected chi connectivity index (χ0v) is 16.5. The third kappa shape index (κ3) is 35.4. The molecular weight excluding hydrogens is 688 g/mol. The fourth-order valence-electron chi connectivity index (χ4n) is 0. The molecule has 0 atom stereocenters. The van der Waals surface area contributed by atoms with E-state index in [2.05, 4.69) is 67.8 Å². The molecule has 2 radical (unpaired) electrons. The normalized spacial score (nSPS) is 5.14. The average Bonchev–Trinajstić information content (AvgIpc) is 0.811. The van der Waals surface area contributed by atoms with Crippen molar-refractivity contribution in [3.05, 3.63) is 0 Å². The second-order valence-corrected chi connectivity index (χ2v) is 11.1. The maximum absolute atomic E-state index is 2.32. The molecule has 0 saturated heterocycles. The first-order valence-corrected chi connectivity index (χ1v) is 4.39. The van der Waals surface area contributed by atoms with Crippen molar-refractivity contribution >= 4 is 133 Å². The van der Waals surface area contributed by atoms with Crippen LogP contribution in [0.2, 0.25) is 0 Å². The van der Waals surface area contributed by atoms with E-state index in [1.165, 1.54) is 0 Å². The molecule has 0 bridgehead atoms. The fraction of sp³-hybridized carbons (Fsp3) is 1.00. The van der Waals surface area contributed by atoms with Crippen LogP contribution in [0.15, 0.2) is 0 Å². The molecule has 0 saturated carbocycles. The Kier molecular flexibility index (Phi) is 56.0. The number of alkyl halides is 3. The summed E-state index contributed by atoms with van der Waals surface area (Å²) in [5.74, 6) is 0. The predicted octanol–water partition coefficient (Wildman–Crippen LogP) is 0.740. The van der Waals surface area contributed by atoms with Crippen LogP contribution >= 0.6 is 67.8 Å². The Balaban J connectivity index is -0.0000000150. The van der Waals surface area contributed by atoms with Gasteiger partial charge in [0.1, 0.15) is -0.0619 Å². The number of hydrogen-bond donors (Lipinski definition) is 0. The van der Waals surface area contributed by atoms with Gasteiger partial charge < -0.3 is 0 Å². The summed E-state index contributed by atoms with van der Waals surface area (Å²) in [6, 6.07) is 0. The van der Waals surface area contributed by atoms with Crippen LogP contribution in [-0.4, -0.2) is 65.0 Å². The van der Waals surface area contributed by atoms with Crippen LogP contribution in [0.5, 0.6) is 0 Å². The second-order valence-electron chi connectivity index (χ2n) is 0.247. The van der Waals surface area contributed by atoms with Crippen molar-refractivity contribution in [1.29, 1.82) is 0 Å². The molecule has 0 nitrogen and oxygen atoms in total. The quantitative estimate of drug-likeness (QED) is 0.200. The minimum absolute atomic E-state index is 0. The summed E-state index contributed by atoms with van der Waals surface area (Å²) in [4.78, 5) is 0. The van der Waals surface area contributed by atoms with Crippen molar-refractivity contribution in [2.75, 3.05) is 0 Å². The van der Waals surface area contributed by atoms with Gasteiger partial charge in [0.05, 0.1) is 0 Å². The Morgan fingerprint density at radius 2 is 1.00 bits per heavy atom. The average molecular weight is 693 g/mol. The van der Waals surface area contributed by atoms with Crippen LogP contribution in [0, 0.1) is 0 Å². The van der Waals surface area contributed by atoms with Gasteiger partial charge in [-0.1, -0.05) is 67.8 Å². The van der Waals surface area contributed by atoms with Gasteiger partial charge >= 0.3 is 65.0 Å². The smallest absolute Gasteiger partial charge is 0 e. The van der Waals surface area contributed by atoms with Crippen LogP contribution in [-0.2, 0) is 21.7 Å². The number of hydrogen-bond acceptors (Lipinski definition) is 0. The summed E-state index contributed by atoms with van der Waals surface area (Å²) in [6.45, 7) is 0. The molecule has 40 valence electrons. The first-order chi connectivity index (χ1) is 1.73. The molecule has 0 aromatic rings. The zero-order chi connectivity index (χ0) is 3.58. The van der Waals surface area contributed by atoms with E-state index >= 15 is 0 Å². The summed E-state index contributed by atoms with van der Waals surface area (Å²) >= 11 is 6.95. The molecule has 0 heterocycles. The summed E-state index contributed by atoms with van der Waals surface area (Å²) in [5, 5.41) is 0. The Morgan fingerprint density at radius 1 is 1.00 bits per heavy atom. The second kappa shape index (κ2) is 17.2. The molecular formula is CH5CaI3PbTi. The van der Waals surface area contributed by atoms with E-state index < -0.39 is 0 Å². The molecule has 0 aliphatic heterocycles. The van der Waals surface area contributed by atoms with E-state index in [9.17, 15) is 0 Å². The van der Waals surface area contributed by atoms with Crippen molar-refractivity contribution in [1.82, 2.24) is 0 Å². The minimum atomic E-state index is 0. The van der Waals surface area contributed by atoms with Gasteiger partial charge in [-0.15, -0.1) is 0 Å². The summed E-state index contributed by atoms with van der Waals surface area (Å²) < 4.78 is 0.743. The fourth-order valence-corrected chi connectivity index (χ4v) is 0. The van der Waals surface area contributed by atoms with E-state index in [1.54, 1.807) is 0 Å². The van der Waals surface area contributed by atoms with E-state index in [0.717, 1.165) is -0.0619 Å². The van der Waals surface area contributed by atoms with Gasteiger partial charge in [-0.3, -0.25) is 0 Å². The van der Waals surface area contributed by atoms with E-state index in [1.807, 2.05) is 0 Å². The van der Waals surface area contributed by atoms with Gasteiger partial charge in [-0.05, 0) is 0 Å². The van der Waals surface area contributed by atoms with Crippen LogP contribution in [0.4, 0.5) is 0 Å². The third-order valence-electron chi connectivity index (χ3n) is 0. The van der Waals surface area contributed by atoms with Crippen LogP contribution < -0.4 is 0 Å². The van der Waals surface area contributed by atoms with Crippen LogP contribution in [0.3, 0.4) is 0 Å². The van der Waals surface area contributed by atoms with Crippen molar-refractivity contribution in [3.63, 3.8) is 0 Å². The topological polar surface area (TPSA) is 0 Å².